The molecule has 0 spiro atoms. The van der Waals surface area contributed by atoms with Crippen LogP contribution in [0.2, 0.25) is 0 Å². The number of imidazole rings is 1. The van der Waals surface area contributed by atoms with Gasteiger partial charge in [-0.2, -0.15) is 0 Å². The second-order valence-electron chi connectivity index (χ2n) is 11.3. The summed E-state index contributed by atoms with van der Waals surface area (Å²) in [6.07, 6.45) is -0.653. The van der Waals surface area contributed by atoms with E-state index in [9.17, 15) is 19.2 Å². The van der Waals surface area contributed by atoms with Gasteiger partial charge in [0.25, 0.3) is 0 Å². The molecule has 0 radical (unpaired) electrons. The van der Waals surface area contributed by atoms with Crippen molar-refractivity contribution >= 4 is 28.9 Å². The fourth-order valence-corrected chi connectivity index (χ4v) is 5.80. The maximum absolute atomic E-state index is 15.1. The summed E-state index contributed by atoms with van der Waals surface area (Å²) in [4.78, 5) is 53.2. The number of ether oxygens (including phenoxy) is 1. The zero-order valence-corrected chi connectivity index (χ0v) is 21.7. The molecule has 0 saturated carbocycles. The van der Waals surface area contributed by atoms with Gasteiger partial charge in [0.15, 0.2) is 0 Å². The van der Waals surface area contributed by atoms with Gasteiger partial charge >= 0.3 is 11.8 Å². The lowest BCUT2D eigenvalue weighted by atomic mass is 9.86. The van der Waals surface area contributed by atoms with E-state index in [1.165, 1.54) is 9.47 Å². The van der Waals surface area contributed by atoms with Crippen molar-refractivity contribution in [2.24, 2.45) is 7.05 Å². The molecule has 0 bridgehead atoms. The fraction of sp³-hybridized carbons (Fsp3) is 0.615. The molecule has 1 N–H and O–H groups in total. The summed E-state index contributed by atoms with van der Waals surface area (Å²) in [5, 5.41) is 2.33. The van der Waals surface area contributed by atoms with Gasteiger partial charge in [0.2, 0.25) is 11.8 Å². The van der Waals surface area contributed by atoms with Crippen LogP contribution in [-0.2, 0) is 21.4 Å². The van der Waals surface area contributed by atoms with Crippen LogP contribution in [0, 0.1) is 0 Å². The van der Waals surface area contributed by atoms with Crippen molar-refractivity contribution in [3.05, 3.63) is 34.2 Å². The monoisotopic (exact) mass is 515 g/mol. The molecule has 37 heavy (non-hydrogen) atoms. The van der Waals surface area contributed by atoms with E-state index in [4.69, 9.17) is 4.74 Å². The van der Waals surface area contributed by atoms with Gasteiger partial charge in [0, 0.05) is 45.1 Å². The molecule has 10 nitrogen and oxygen atoms in total. The van der Waals surface area contributed by atoms with E-state index in [2.05, 4.69) is 10.2 Å². The number of hydrogen-bond acceptors (Lipinski definition) is 6. The summed E-state index contributed by atoms with van der Waals surface area (Å²) in [5.41, 5.74) is 1.49. The first-order valence-corrected chi connectivity index (χ1v) is 12.8. The van der Waals surface area contributed by atoms with E-state index in [1.807, 2.05) is 18.2 Å². The van der Waals surface area contributed by atoms with Crippen LogP contribution in [0.3, 0.4) is 0 Å². The number of rotatable bonds is 3. The van der Waals surface area contributed by atoms with Gasteiger partial charge in [-0.05, 0) is 45.2 Å². The van der Waals surface area contributed by atoms with Crippen molar-refractivity contribution < 1.29 is 23.5 Å². The minimum atomic E-state index is -1.17. The summed E-state index contributed by atoms with van der Waals surface area (Å²) in [5.74, 6) is -0.673. The number of hydrogen-bond donors (Lipinski definition) is 1. The van der Waals surface area contributed by atoms with Crippen LogP contribution in [0.15, 0.2) is 23.0 Å². The highest BCUT2D eigenvalue weighted by Gasteiger charge is 2.42. The molecule has 4 heterocycles. The highest BCUT2D eigenvalue weighted by molar-refractivity contribution is 6.00. The van der Waals surface area contributed by atoms with Gasteiger partial charge in [-0.25, -0.2) is 14.0 Å². The van der Waals surface area contributed by atoms with Gasteiger partial charge in [-0.15, -0.1) is 0 Å². The third kappa shape index (κ3) is 4.65. The Morgan fingerprint density at radius 1 is 1.11 bits per heavy atom. The number of nitrogens with one attached hydrogen (secondary N) is 1. The van der Waals surface area contributed by atoms with Crippen LogP contribution >= 0.6 is 0 Å². The van der Waals surface area contributed by atoms with Gasteiger partial charge in [-0.1, -0.05) is 12.1 Å². The summed E-state index contributed by atoms with van der Waals surface area (Å²) in [7, 11) is 1.69. The molecule has 11 heteroatoms. The van der Waals surface area contributed by atoms with E-state index in [0.717, 1.165) is 11.1 Å². The van der Waals surface area contributed by atoms with Crippen molar-refractivity contribution in [2.45, 2.75) is 69.8 Å². The molecular weight excluding hydrogens is 481 g/mol. The minimum Gasteiger partial charge on any atom is -0.444 e. The van der Waals surface area contributed by atoms with Crippen LogP contribution in [0.4, 0.5) is 9.18 Å². The average molecular weight is 516 g/mol. The lowest BCUT2D eigenvalue weighted by molar-refractivity contribution is -0.135. The molecule has 5 rings (SSSR count). The van der Waals surface area contributed by atoms with E-state index < -0.39 is 29.8 Å². The first kappa shape index (κ1) is 25.4. The lowest BCUT2D eigenvalue weighted by Crippen LogP contribution is -2.60. The summed E-state index contributed by atoms with van der Waals surface area (Å²) in [6, 6.07) is 4.68. The van der Waals surface area contributed by atoms with E-state index in [-0.39, 0.29) is 42.9 Å². The Labute approximate surface area is 214 Å². The number of aryl methyl sites for hydroxylation is 1. The summed E-state index contributed by atoms with van der Waals surface area (Å²) >= 11 is 0. The normalized spacial score (nSPS) is 25.8. The highest BCUT2D eigenvalue weighted by Crippen LogP contribution is 2.36. The van der Waals surface area contributed by atoms with Crippen LogP contribution in [0.25, 0.3) is 11.0 Å². The molecule has 3 fully saturated rings. The van der Waals surface area contributed by atoms with Crippen LogP contribution in [0.1, 0.15) is 57.6 Å². The molecule has 1 aromatic heterocycles. The number of imide groups is 1. The number of carbonyl (C=O) groups is 3. The van der Waals surface area contributed by atoms with Gasteiger partial charge in [0.1, 0.15) is 17.8 Å². The molecule has 2 aromatic rings. The number of amides is 3. The molecule has 3 atom stereocenters. The summed E-state index contributed by atoms with van der Waals surface area (Å²) in [6.45, 7) is 7.13. The third-order valence-corrected chi connectivity index (χ3v) is 7.63. The zero-order valence-electron chi connectivity index (χ0n) is 21.7. The maximum Gasteiger partial charge on any atom is 0.410 e. The number of para-hydroxylation sites is 1. The Morgan fingerprint density at radius 2 is 1.84 bits per heavy atom. The van der Waals surface area contributed by atoms with Crippen molar-refractivity contribution in [3.63, 3.8) is 0 Å². The quantitative estimate of drug-likeness (QED) is 0.628. The van der Waals surface area contributed by atoms with Crippen molar-refractivity contribution in [1.29, 1.82) is 0 Å². The standard InChI is InChI=1S/C26H34FN5O5/c1-26(2,3)37-25(36)30-11-10-18(17(27)14-30)31-12-15(13-31)16-6-5-7-19-22(16)29(4)24(35)32(19)20-8-9-21(33)28-23(20)34/h5-7,15,17-18,20H,8-14H2,1-4H3,(H,28,33,34)/t17-,18+,20?/m0/s1. The predicted octanol–water partition coefficient (Wildman–Crippen LogP) is 2.06. The Hall–Kier alpha value is -3.21. The third-order valence-electron chi connectivity index (χ3n) is 7.63. The zero-order chi connectivity index (χ0) is 26.6. The molecule has 3 aliphatic heterocycles. The smallest absolute Gasteiger partial charge is 0.410 e. The molecular formula is C26H34FN5O5. The molecule has 0 aliphatic carbocycles. The molecule has 1 aromatic carbocycles. The van der Waals surface area contributed by atoms with Gasteiger partial charge in [-0.3, -0.25) is 28.9 Å². The predicted molar refractivity (Wildman–Crippen MR) is 134 cm³/mol. The average Bonchev–Trinajstić information content (AvgIpc) is 3.03. The van der Waals surface area contributed by atoms with Gasteiger partial charge in [0.05, 0.1) is 17.6 Å². The largest absolute Gasteiger partial charge is 0.444 e. The second-order valence-corrected chi connectivity index (χ2v) is 11.3. The Kier molecular flexibility index (Phi) is 6.37. The van der Waals surface area contributed by atoms with E-state index in [0.29, 0.717) is 31.6 Å². The number of aromatic nitrogens is 2. The molecule has 3 saturated heterocycles. The number of likely N-dealkylation sites (tertiary alicyclic amines) is 2. The number of piperidine rings is 2. The van der Waals surface area contributed by atoms with Crippen molar-refractivity contribution in [1.82, 2.24) is 24.3 Å². The van der Waals surface area contributed by atoms with Crippen LogP contribution < -0.4 is 11.0 Å². The molecule has 3 amide bonds. The fourth-order valence-electron chi connectivity index (χ4n) is 5.80. The van der Waals surface area contributed by atoms with Crippen molar-refractivity contribution in [2.75, 3.05) is 26.2 Å². The molecule has 3 aliphatic rings. The number of alkyl halides is 1. The molecule has 200 valence electrons. The number of fused-ring (bicyclic) bond motifs is 1. The maximum atomic E-state index is 15.1. The number of carbonyl (C=O) groups excluding carboxylic acids is 3. The van der Waals surface area contributed by atoms with Crippen molar-refractivity contribution in [3.8, 4) is 0 Å². The van der Waals surface area contributed by atoms with Gasteiger partial charge < -0.3 is 9.64 Å². The SMILES string of the molecule is Cn1c(=O)n(C2CCC(=O)NC2=O)c2cccc(C3CN([C@@H]4CCN(C(=O)OC(C)(C)C)C[C@@H]4F)C3)c21. The Bertz CT molecular complexity index is 1300. The topological polar surface area (TPSA) is 106 Å². The second kappa shape index (κ2) is 9.27. The van der Waals surface area contributed by atoms with E-state index >= 15 is 4.39 Å². The molecule has 1 unspecified atom stereocenters. The number of halogens is 1. The number of benzene rings is 1. The minimum absolute atomic E-state index is 0.0135. The van der Waals surface area contributed by atoms with E-state index in [1.54, 1.807) is 32.4 Å². The Morgan fingerprint density at radius 3 is 2.49 bits per heavy atom. The number of nitrogens with zero attached hydrogens (tertiary/aromatic N) is 4. The lowest BCUT2D eigenvalue weighted by Gasteiger charge is -2.48. The highest BCUT2D eigenvalue weighted by atomic mass is 19.1. The van der Waals surface area contributed by atoms with Crippen LogP contribution in [-0.4, -0.2) is 80.8 Å². The first-order chi connectivity index (χ1) is 17.4. The van der Waals surface area contributed by atoms with Crippen LogP contribution in [0.5, 0.6) is 0 Å². The summed E-state index contributed by atoms with van der Waals surface area (Å²) < 4.78 is 23.6. The Balaban J connectivity index is 1.30. The first-order valence-electron chi connectivity index (χ1n) is 12.8.